The zero-order valence-electron chi connectivity index (χ0n) is 11.7. The largest absolute Gasteiger partial charge is 0.481 e. The number of anilines is 1. The van der Waals surface area contributed by atoms with E-state index in [2.05, 4.69) is 11.4 Å². The Hall–Kier alpha value is -2.80. The Kier molecular flexibility index (Phi) is 4.94. The lowest BCUT2D eigenvalue weighted by atomic mass is 10.2. The molecular formula is C17H16N2O2. The summed E-state index contributed by atoms with van der Waals surface area (Å²) in [7, 11) is 0. The van der Waals surface area contributed by atoms with Crippen molar-refractivity contribution in [1.82, 2.24) is 0 Å². The summed E-state index contributed by atoms with van der Waals surface area (Å²) < 4.78 is 5.59. The van der Waals surface area contributed by atoms with Gasteiger partial charge in [0.2, 0.25) is 0 Å². The monoisotopic (exact) mass is 280 g/mol. The number of amides is 1. The minimum absolute atomic E-state index is 0.206. The first kappa shape index (κ1) is 14.6. The van der Waals surface area contributed by atoms with Crippen LogP contribution < -0.4 is 10.1 Å². The summed E-state index contributed by atoms with van der Waals surface area (Å²) in [5.41, 5.74) is 1.66. The highest BCUT2D eigenvalue weighted by Gasteiger charge is 2.14. The Labute approximate surface area is 124 Å². The first-order valence-corrected chi connectivity index (χ1v) is 6.67. The van der Waals surface area contributed by atoms with Crippen LogP contribution in [0.5, 0.6) is 5.75 Å². The second-order valence-corrected chi connectivity index (χ2v) is 4.59. The molecular weight excluding hydrogens is 264 g/mol. The smallest absolute Gasteiger partial charge is 0.265 e. The normalized spacial score (nSPS) is 11.2. The van der Waals surface area contributed by atoms with Crippen LogP contribution in [0.15, 0.2) is 54.6 Å². The Morgan fingerprint density at radius 1 is 1.19 bits per heavy atom. The lowest BCUT2D eigenvalue weighted by molar-refractivity contribution is -0.122. The molecule has 4 nitrogen and oxygen atoms in total. The number of hydrogen-bond acceptors (Lipinski definition) is 3. The number of carbonyl (C=O) groups is 1. The van der Waals surface area contributed by atoms with Crippen molar-refractivity contribution in [3.63, 3.8) is 0 Å². The molecule has 1 N–H and O–H groups in total. The van der Waals surface area contributed by atoms with Crippen molar-refractivity contribution in [2.45, 2.75) is 19.4 Å². The molecule has 4 heteroatoms. The predicted octanol–water partition coefficient (Wildman–Crippen LogP) is 3.16. The molecule has 0 radical (unpaired) electrons. The molecule has 0 aliphatic rings. The zero-order valence-corrected chi connectivity index (χ0v) is 11.7. The van der Waals surface area contributed by atoms with Crippen LogP contribution in [0.4, 0.5) is 5.69 Å². The maximum absolute atomic E-state index is 12.0. The molecule has 2 aromatic rings. The molecule has 0 aliphatic carbocycles. The number of nitriles is 1. The summed E-state index contributed by atoms with van der Waals surface area (Å²) in [4.78, 5) is 12.0. The molecule has 1 atom stereocenters. The highest BCUT2D eigenvalue weighted by Crippen LogP contribution is 2.15. The molecule has 0 fully saturated rings. The van der Waals surface area contributed by atoms with E-state index in [0.717, 1.165) is 11.3 Å². The van der Waals surface area contributed by atoms with Crippen molar-refractivity contribution in [3.05, 3.63) is 60.2 Å². The predicted molar refractivity (Wildman–Crippen MR) is 80.9 cm³/mol. The molecule has 2 rings (SSSR count). The van der Waals surface area contributed by atoms with Gasteiger partial charge in [0.05, 0.1) is 12.5 Å². The van der Waals surface area contributed by atoms with Gasteiger partial charge in [0.15, 0.2) is 6.10 Å². The van der Waals surface area contributed by atoms with Crippen LogP contribution in [0, 0.1) is 11.3 Å². The van der Waals surface area contributed by atoms with Gasteiger partial charge in [0.25, 0.3) is 5.91 Å². The third kappa shape index (κ3) is 4.36. The minimum Gasteiger partial charge on any atom is -0.481 e. The molecule has 0 aromatic heterocycles. The molecule has 1 unspecified atom stereocenters. The summed E-state index contributed by atoms with van der Waals surface area (Å²) in [5.74, 6) is 0.398. The molecule has 0 bridgehead atoms. The third-order valence-corrected chi connectivity index (χ3v) is 2.93. The first-order chi connectivity index (χ1) is 10.2. The molecule has 0 heterocycles. The van der Waals surface area contributed by atoms with Crippen molar-refractivity contribution in [2.75, 3.05) is 5.32 Å². The van der Waals surface area contributed by atoms with Gasteiger partial charge in [-0.3, -0.25) is 4.79 Å². The van der Waals surface area contributed by atoms with E-state index in [4.69, 9.17) is 10.00 Å². The van der Waals surface area contributed by atoms with Gasteiger partial charge in [-0.1, -0.05) is 30.3 Å². The lowest BCUT2D eigenvalue weighted by Gasteiger charge is -2.14. The van der Waals surface area contributed by atoms with Gasteiger partial charge >= 0.3 is 0 Å². The Morgan fingerprint density at radius 2 is 1.86 bits per heavy atom. The summed E-state index contributed by atoms with van der Waals surface area (Å²) in [6.45, 7) is 1.70. The maximum Gasteiger partial charge on any atom is 0.265 e. The second-order valence-electron chi connectivity index (χ2n) is 4.59. The average molecular weight is 280 g/mol. The van der Waals surface area contributed by atoms with Crippen LogP contribution in [0.3, 0.4) is 0 Å². The number of nitrogens with zero attached hydrogens (tertiary/aromatic N) is 1. The van der Waals surface area contributed by atoms with E-state index < -0.39 is 6.10 Å². The van der Waals surface area contributed by atoms with Crippen molar-refractivity contribution in [3.8, 4) is 11.8 Å². The van der Waals surface area contributed by atoms with E-state index in [1.54, 1.807) is 19.1 Å². The standard InChI is InChI=1S/C17H16N2O2/c1-13(17(20)19-15-5-3-2-4-6-15)21-16-9-7-14(8-10-16)11-12-18/h2-10,13H,11H2,1H3,(H,19,20). The van der Waals surface area contributed by atoms with E-state index in [0.29, 0.717) is 12.2 Å². The molecule has 0 saturated carbocycles. The van der Waals surface area contributed by atoms with Gasteiger partial charge in [0, 0.05) is 5.69 Å². The number of carbonyl (C=O) groups excluding carboxylic acids is 1. The summed E-state index contributed by atoms with van der Waals surface area (Å²) in [6, 6.07) is 18.5. The van der Waals surface area contributed by atoms with Crippen LogP contribution in [0.1, 0.15) is 12.5 Å². The fourth-order valence-electron chi connectivity index (χ4n) is 1.80. The number of para-hydroxylation sites is 1. The summed E-state index contributed by atoms with van der Waals surface area (Å²) in [5, 5.41) is 11.4. The molecule has 0 spiro atoms. The van der Waals surface area contributed by atoms with Crippen molar-refractivity contribution in [1.29, 1.82) is 5.26 Å². The van der Waals surface area contributed by atoms with Crippen LogP contribution in [-0.4, -0.2) is 12.0 Å². The fraction of sp³-hybridized carbons (Fsp3) is 0.176. The van der Waals surface area contributed by atoms with Crippen LogP contribution in [0.2, 0.25) is 0 Å². The van der Waals surface area contributed by atoms with Crippen molar-refractivity contribution < 1.29 is 9.53 Å². The lowest BCUT2D eigenvalue weighted by Crippen LogP contribution is -2.30. The van der Waals surface area contributed by atoms with Gasteiger partial charge < -0.3 is 10.1 Å². The SMILES string of the molecule is CC(Oc1ccc(CC#N)cc1)C(=O)Nc1ccccc1. The van der Waals surface area contributed by atoms with E-state index in [9.17, 15) is 4.79 Å². The topological polar surface area (TPSA) is 62.1 Å². The molecule has 0 aliphatic heterocycles. The number of nitrogens with one attached hydrogen (secondary N) is 1. The first-order valence-electron chi connectivity index (χ1n) is 6.67. The van der Waals surface area contributed by atoms with E-state index in [1.165, 1.54) is 0 Å². The van der Waals surface area contributed by atoms with E-state index in [1.807, 2.05) is 42.5 Å². The van der Waals surface area contributed by atoms with Crippen LogP contribution in [0.25, 0.3) is 0 Å². The Balaban J connectivity index is 1.93. The van der Waals surface area contributed by atoms with E-state index >= 15 is 0 Å². The highest BCUT2D eigenvalue weighted by molar-refractivity contribution is 5.94. The van der Waals surface area contributed by atoms with Gasteiger partial charge in [-0.25, -0.2) is 0 Å². The molecule has 0 saturated heterocycles. The van der Waals surface area contributed by atoms with Gasteiger partial charge in [-0.15, -0.1) is 0 Å². The third-order valence-electron chi connectivity index (χ3n) is 2.93. The quantitative estimate of drug-likeness (QED) is 0.915. The van der Waals surface area contributed by atoms with Crippen LogP contribution in [-0.2, 0) is 11.2 Å². The van der Waals surface area contributed by atoms with E-state index in [-0.39, 0.29) is 5.91 Å². The maximum atomic E-state index is 12.0. The van der Waals surface area contributed by atoms with Crippen molar-refractivity contribution >= 4 is 11.6 Å². The Morgan fingerprint density at radius 3 is 2.48 bits per heavy atom. The van der Waals surface area contributed by atoms with Gasteiger partial charge in [-0.05, 0) is 36.8 Å². The van der Waals surface area contributed by atoms with Gasteiger partial charge in [-0.2, -0.15) is 5.26 Å². The Bertz CT molecular complexity index is 630. The highest BCUT2D eigenvalue weighted by atomic mass is 16.5. The molecule has 21 heavy (non-hydrogen) atoms. The number of hydrogen-bond donors (Lipinski definition) is 1. The average Bonchev–Trinajstić information content (AvgIpc) is 2.50. The van der Waals surface area contributed by atoms with Crippen molar-refractivity contribution in [2.24, 2.45) is 0 Å². The fourth-order valence-corrected chi connectivity index (χ4v) is 1.80. The molecule has 1 amide bonds. The zero-order chi connectivity index (χ0) is 15.1. The minimum atomic E-state index is -0.605. The number of benzene rings is 2. The van der Waals surface area contributed by atoms with Crippen LogP contribution >= 0.6 is 0 Å². The molecule has 106 valence electrons. The second kappa shape index (κ2) is 7.11. The number of rotatable bonds is 5. The molecule has 2 aromatic carbocycles. The number of ether oxygens (including phenoxy) is 1. The van der Waals surface area contributed by atoms with Gasteiger partial charge in [0.1, 0.15) is 5.75 Å². The summed E-state index contributed by atoms with van der Waals surface area (Å²) >= 11 is 0. The summed E-state index contributed by atoms with van der Waals surface area (Å²) in [6.07, 6.45) is -0.239.